The summed E-state index contributed by atoms with van der Waals surface area (Å²) >= 11 is 0. The maximum Gasteiger partial charge on any atom is 0.336 e. The van der Waals surface area contributed by atoms with Gasteiger partial charge in [-0.25, -0.2) is 4.79 Å². The summed E-state index contributed by atoms with van der Waals surface area (Å²) in [5, 5.41) is 20.8. The smallest absolute Gasteiger partial charge is 0.336 e. The molecule has 4 aromatic rings. The van der Waals surface area contributed by atoms with Gasteiger partial charge in [0, 0.05) is 41.0 Å². The van der Waals surface area contributed by atoms with Gasteiger partial charge in [-0.1, -0.05) is 29.8 Å². The van der Waals surface area contributed by atoms with Crippen molar-refractivity contribution in [1.82, 2.24) is 0 Å². The van der Waals surface area contributed by atoms with Gasteiger partial charge < -0.3 is 24.1 Å². The fraction of sp³-hybridized carbons (Fsp3) is 0.233. The third kappa shape index (κ3) is 3.70. The van der Waals surface area contributed by atoms with Crippen molar-refractivity contribution in [2.24, 2.45) is 5.92 Å². The number of hydrogen-bond acceptors (Lipinski definition) is 6. The van der Waals surface area contributed by atoms with Crippen LogP contribution in [0.4, 0.5) is 0 Å². The zero-order valence-electron chi connectivity index (χ0n) is 20.0. The number of ether oxygens (including phenoxy) is 2. The molecule has 36 heavy (non-hydrogen) atoms. The highest BCUT2D eigenvalue weighted by Crippen LogP contribution is 2.58. The van der Waals surface area contributed by atoms with Crippen molar-refractivity contribution in [1.29, 1.82) is 0 Å². The molecule has 6 nitrogen and oxygen atoms in total. The molecule has 4 atom stereocenters. The van der Waals surface area contributed by atoms with Crippen LogP contribution in [0.15, 0.2) is 87.6 Å². The average Bonchev–Trinajstić information content (AvgIpc) is 2.87. The van der Waals surface area contributed by atoms with Gasteiger partial charge in [0.15, 0.2) is 0 Å². The first kappa shape index (κ1) is 22.3. The zero-order valence-corrected chi connectivity index (χ0v) is 20.0. The average molecular weight is 483 g/mol. The zero-order chi connectivity index (χ0) is 25.0. The predicted molar refractivity (Wildman–Crippen MR) is 136 cm³/mol. The van der Waals surface area contributed by atoms with Crippen LogP contribution in [-0.2, 0) is 0 Å². The lowest BCUT2D eigenvalue weighted by atomic mass is 9.63. The minimum Gasteiger partial charge on any atom is -0.508 e. The van der Waals surface area contributed by atoms with Crippen LogP contribution in [0.25, 0.3) is 11.0 Å². The van der Waals surface area contributed by atoms with E-state index in [9.17, 15) is 15.0 Å². The van der Waals surface area contributed by atoms with Gasteiger partial charge in [0.2, 0.25) is 0 Å². The Morgan fingerprint density at radius 3 is 2.47 bits per heavy atom. The number of benzene rings is 3. The molecule has 6 rings (SSSR count). The van der Waals surface area contributed by atoms with E-state index in [2.05, 4.69) is 19.1 Å². The second kappa shape index (κ2) is 8.48. The van der Waals surface area contributed by atoms with Crippen LogP contribution >= 0.6 is 0 Å². The van der Waals surface area contributed by atoms with Gasteiger partial charge in [0.1, 0.15) is 34.7 Å². The van der Waals surface area contributed by atoms with Crippen molar-refractivity contribution < 1.29 is 24.1 Å². The molecule has 0 bridgehead atoms. The van der Waals surface area contributed by atoms with E-state index in [1.54, 1.807) is 37.4 Å². The summed E-state index contributed by atoms with van der Waals surface area (Å²) in [5.74, 6) is 1.76. The molecule has 3 aromatic carbocycles. The Labute approximate surface area is 208 Å². The molecule has 2 heterocycles. The van der Waals surface area contributed by atoms with Crippen molar-refractivity contribution in [3.8, 4) is 23.0 Å². The van der Waals surface area contributed by atoms with Crippen LogP contribution in [0, 0.1) is 5.92 Å². The van der Waals surface area contributed by atoms with E-state index in [0.29, 0.717) is 17.1 Å². The van der Waals surface area contributed by atoms with Gasteiger partial charge in [-0.2, -0.15) is 0 Å². The first-order chi connectivity index (χ1) is 17.4. The van der Waals surface area contributed by atoms with Crippen LogP contribution in [-0.4, -0.2) is 17.3 Å². The van der Waals surface area contributed by atoms with Crippen LogP contribution in [0.5, 0.6) is 23.0 Å². The van der Waals surface area contributed by atoms with Crippen molar-refractivity contribution in [2.75, 3.05) is 7.11 Å². The molecule has 0 amide bonds. The van der Waals surface area contributed by atoms with E-state index in [1.807, 2.05) is 24.3 Å². The number of methoxy groups -OCH3 is 1. The SMILES string of the molecule is COc1cc(O)ccc1C1CC(C)=CC2c3cc4ccc(=O)oc4cc3OC(c3ccc(O)cc3)C21. The van der Waals surface area contributed by atoms with E-state index in [-0.39, 0.29) is 35.4 Å². The quantitative estimate of drug-likeness (QED) is 0.268. The van der Waals surface area contributed by atoms with Gasteiger partial charge in [-0.05, 0) is 60.7 Å². The normalized spacial score (nSPS) is 22.8. The Hall–Kier alpha value is -4.19. The highest BCUT2D eigenvalue weighted by atomic mass is 16.5. The van der Waals surface area contributed by atoms with Gasteiger partial charge in [-0.15, -0.1) is 0 Å². The van der Waals surface area contributed by atoms with E-state index in [4.69, 9.17) is 13.9 Å². The molecule has 1 aliphatic carbocycles. The Bertz CT molecular complexity index is 1550. The second-order valence-corrected chi connectivity index (χ2v) is 9.67. The molecule has 0 saturated heterocycles. The minimum atomic E-state index is -0.404. The summed E-state index contributed by atoms with van der Waals surface area (Å²) in [6.07, 6.45) is 2.80. The van der Waals surface area contributed by atoms with E-state index in [0.717, 1.165) is 28.5 Å². The number of phenolic OH excluding ortho intramolecular Hbond substituents is 2. The Kier molecular flexibility index (Phi) is 5.25. The monoisotopic (exact) mass is 482 g/mol. The summed E-state index contributed by atoms with van der Waals surface area (Å²) in [6.45, 7) is 2.14. The molecule has 1 aliphatic heterocycles. The summed E-state index contributed by atoms with van der Waals surface area (Å²) in [6, 6.07) is 19.5. The highest BCUT2D eigenvalue weighted by Gasteiger charge is 2.46. The van der Waals surface area contributed by atoms with E-state index in [1.165, 1.54) is 11.6 Å². The third-order valence-corrected chi connectivity index (χ3v) is 7.44. The molecule has 2 N–H and O–H groups in total. The van der Waals surface area contributed by atoms with Crippen LogP contribution in [0.1, 0.15) is 48.0 Å². The van der Waals surface area contributed by atoms with Crippen LogP contribution in [0.3, 0.4) is 0 Å². The fourth-order valence-corrected chi connectivity index (χ4v) is 5.89. The summed E-state index contributed by atoms with van der Waals surface area (Å²) in [7, 11) is 1.62. The number of hydrogen-bond donors (Lipinski definition) is 2. The summed E-state index contributed by atoms with van der Waals surface area (Å²) in [4.78, 5) is 11.9. The standard InChI is InChI=1S/C30H26O6/c1-16-11-23(21-9-8-20(32)14-26(21)34-2)29-24(12-16)22-13-18-5-10-28(33)35-25(18)15-27(22)36-30(29)17-3-6-19(31)7-4-17/h3-10,12-15,23-24,29-32H,11H2,1-2H3. The lowest BCUT2D eigenvalue weighted by Gasteiger charge is -2.46. The van der Waals surface area contributed by atoms with Crippen molar-refractivity contribution in [3.63, 3.8) is 0 Å². The third-order valence-electron chi connectivity index (χ3n) is 7.44. The maximum atomic E-state index is 11.9. The molecular weight excluding hydrogens is 456 g/mol. The Morgan fingerprint density at radius 2 is 1.69 bits per heavy atom. The first-order valence-corrected chi connectivity index (χ1v) is 12.0. The number of allylic oxidation sites excluding steroid dienone is 2. The van der Waals surface area contributed by atoms with Crippen LogP contribution < -0.4 is 15.1 Å². The minimum absolute atomic E-state index is 0.0114. The predicted octanol–water partition coefficient (Wildman–Crippen LogP) is 6.18. The largest absolute Gasteiger partial charge is 0.508 e. The Morgan fingerprint density at radius 1 is 0.917 bits per heavy atom. The van der Waals surface area contributed by atoms with Crippen LogP contribution in [0.2, 0.25) is 0 Å². The van der Waals surface area contributed by atoms with Gasteiger partial charge in [0.25, 0.3) is 0 Å². The molecule has 4 unspecified atom stereocenters. The number of rotatable bonds is 3. The van der Waals surface area contributed by atoms with E-state index >= 15 is 0 Å². The van der Waals surface area contributed by atoms with Gasteiger partial charge in [-0.3, -0.25) is 0 Å². The second-order valence-electron chi connectivity index (χ2n) is 9.67. The van der Waals surface area contributed by atoms with Crippen molar-refractivity contribution in [3.05, 3.63) is 105 Å². The number of phenols is 2. The lowest BCUT2D eigenvalue weighted by Crippen LogP contribution is -2.36. The lowest BCUT2D eigenvalue weighted by molar-refractivity contribution is 0.0792. The van der Waals surface area contributed by atoms with Gasteiger partial charge >= 0.3 is 5.63 Å². The van der Waals surface area contributed by atoms with Gasteiger partial charge in [0.05, 0.1) is 7.11 Å². The van der Waals surface area contributed by atoms with Crippen molar-refractivity contribution in [2.45, 2.75) is 31.3 Å². The Balaban J connectivity index is 1.58. The number of aromatic hydroxyl groups is 2. The molecular formula is C30H26O6. The first-order valence-electron chi connectivity index (χ1n) is 12.0. The molecule has 6 heteroatoms. The highest BCUT2D eigenvalue weighted by molar-refractivity contribution is 5.80. The summed E-state index contributed by atoms with van der Waals surface area (Å²) in [5.41, 5.74) is 4.34. The maximum absolute atomic E-state index is 11.9. The fourth-order valence-electron chi connectivity index (χ4n) is 5.89. The molecule has 0 radical (unpaired) electrons. The molecule has 2 aliphatic rings. The molecule has 182 valence electrons. The van der Waals surface area contributed by atoms with E-state index < -0.39 is 5.63 Å². The topological polar surface area (TPSA) is 89.1 Å². The van der Waals surface area contributed by atoms with Crippen molar-refractivity contribution >= 4 is 11.0 Å². The summed E-state index contributed by atoms with van der Waals surface area (Å²) < 4.78 is 17.8. The number of fused-ring (bicyclic) bond motifs is 4. The molecule has 1 aromatic heterocycles. The molecule has 0 saturated carbocycles. The molecule has 0 spiro atoms. The molecule has 0 fully saturated rings.